The van der Waals surface area contributed by atoms with E-state index in [0.29, 0.717) is 11.3 Å². The zero-order chi connectivity index (χ0) is 15.8. The van der Waals surface area contributed by atoms with Gasteiger partial charge in [0.25, 0.3) is 10.0 Å². The highest BCUT2D eigenvalue weighted by molar-refractivity contribution is 7.94. The largest absolute Gasteiger partial charge is 0.478 e. The average Bonchev–Trinajstić information content (AvgIpc) is 2.71. The van der Waals surface area contributed by atoms with E-state index >= 15 is 0 Å². The van der Waals surface area contributed by atoms with Crippen LogP contribution in [-0.2, 0) is 10.0 Å². The van der Waals surface area contributed by atoms with Crippen molar-refractivity contribution in [1.29, 1.82) is 0 Å². The van der Waals surface area contributed by atoms with E-state index in [2.05, 4.69) is 9.71 Å². The summed E-state index contributed by atoms with van der Waals surface area (Å²) in [6, 6.07) is 4.21. The summed E-state index contributed by atoms with van der Waals surface area (Å²) in [5.74, 6) is -1.13. The molecule has 21 heavy (non-hydrogen) atoms. The van der Waals surface area contributed by atoms with Gasteiger partial charge in [0.05, 0.1) is 16.9 Å². The van der Waals surface area contributed by atoms with Crippen molar-refractivity contribution < 1.29 is 18.3 Å². The Bertz CT molecular complexity index is 815. The molecular formula is C12H11ClN2O4S2. The number of anilines is 1. The number of thiazole rings is 1. The third-order valence-electron chi connectivity index (χ3n) is 2.70. The predicted octanol–water partition coefficient (Wildman–Crippen LogP) is 2.91. The number of nitrogens with one attached hydrogen (secondary N) is 1. The number of hydrogen-bond acceptors (Lipinski definition) is 5. The second-order valence-corrected chi connectivity index (χ2v) is 7.74. The first-order chi connectivity index (χ1) is 9.70. The summed E-state index contributed by atoms with van der Waals surface area (Å²) in [5.41, 5.74) is 1.11. The SMILES string of the molecule is Cc1ccc(C(=O)O)cc1NS(=O)(=O)c1sc(Cl)nc1C. The molecule has 0 unspecified atom stereocenters. The van der Waals surface area contributed by atoms with Crippen LogP contribution in [0.1, 0.15) is 21.6 Å². The molecule has 1 aromatic carbocycles. The summed E-state index contributed by atoms with van der Waals surface area (Å²) in [6.07, 6.45) is 0. The molecule has 1 aromatic heterocycles. The molecule has 6 nitrogen and oxygen atoms in total. The van der Waals surface area contributed by atoms with Gasteiger partial charge in [-0.2, -0.15) is 0 Å². The lowest BCUT2D eigenvalue weighted by atomic mass is 10.1. The lowest BCUT2D eigenvalue weighted by Gasteiger charge is -2.10. The lowest BCUT2D eigenvalue weighted by Crippen LogP contribution is -2.14. The van der Waals surface area contributed by atoms with Crippen LogP contribution in [0.2, 0.25) is 4.47 Å². The highest BCUT2D eigenvalue weighted by Crippen LogP contribution is 2.29. The first-order valence-electron chi connectivity index (χ1n) is 5.70. The topological polar surface area (TPSA) is 96.4 Å². The van der Waals surface area contributed by atoms with E-state index in [9.17, 15) is 13.2 Å². The number of sulfonamides is 1. The molecule has 0 amide bonds. The van der Waals surface area contributed by atoms with Crippen molar-refractivity contribution in [3.8, 4) is 0 Å². The third kappa shape index (κ3) is 3.34. The highest BCUT2D eigenvalue weighted by atomic mass is 35.5. The van der Waals surface area contributed by atoms with Gasteiger partial charge in [-0.1, -0.05) is 29.0 Å². The molecule has 2 rings (SSSR count). The van der Waals surface area contributed by atoms with Gasteiger partial charge in [-0.25, -0.2) is 18.2 Å². The number of hydrogen-bond donors (Lipinski definition) is 2. The summed E-state index contributed by atoms with van der Waals surface area (Å²) >= 11 is 6.55. The molecule has 0 saturated carbocycles. The maximum Gasteiger partial charge on any atom is 0.335 e. The maximum absolute atomic E-state index is 12.3. The molecule has 0 radical (unpaired) electrons. The molecular weight excluding hydrogens is 336 g/mol. The van der Waals surface area contributed by atoms with Gasteiger partial charge in [0.1, 0.15) is 0 Å². The van der Waals surface area contributed by atoms with Crippen LogP contribution in [0.25, 0.3) is 0 Å². The first-order valence-corrected chi connectivity index (χ1v) is 8.38. The van der Waals surface area contributed by atoms with Crippen LogP contribution < -0.4 is 4.72 Å². The number of nitrogens with zero attached hydrogens (tertiary/aromatic N) is 1. The second kappa shape index (κ2) is 5.63. The summed E-state index contributed by atoms with van der Waals surface area (Å²) in [7, 11) is -3.86. The second-order valence-electron chi connectivity index (χ2n) is 4.28. The molecule has 2 N–H and O–H groups in total. The molecule has 0 atom stereocenters. The van der Waals surface area contributed by atoms with Gasteiger partial charge in [0.2, 0.25) is 0 Å². The van der Waals surface area contributed by atoms with Crippen LogP contribution in [0, 0.1) is 13.8 Å². The molecule has 0 aliphatic carbocycles. The van der Waals surface area contributed by atoms with E-state index < -0.39 is 16.0 Å². The fraction of sp³-hybridized carbons (Fsp3) is 0.167. The van der Waals surface area contributed by atoms with Crippen LogP contribution in [-0.4, -0.2) is 24.5 Å². The number of carbonyl (C=O) groups is 1. The summed E-state index contributed by atoms with van der Waals surface area (Å²) in [4.78, 5) is 14.8. The van der Waals surface area contributed by atoms with Crippen LogP contribution in [0.3, 0.4) is 0 Å². The van der Waals surface area contributed by atoms with Crippen LogP contribution >= 0.6 is 22.9 Å². The number of aromatic nitrogens is 1. The van der Waals surface area contributed by atoms with Crippen molar-refractivity contribution in [3.05, 3.63) is 39.5 Å². The molecule has 2 aromatic rings. The molecule has 0 saturated heterocycles. The van der Waals surface area contributed by atoms with E-state index in [4.69, 9.17) is 16.7 Å². The monoisotopic (exact) mass is 346 g/mol. The Morgan fingerprint density at radius 3 is 2.57 bits per heavy atom. The van der Waals surface area contributed by atoms with Crippen molar-refractivity contribution in [3.63, 3.8) is 0 Å². The number of rotatable bonds is 4. The molecule has 0 aliphatic rings. The molecule has 112 valence electrons. The van der Waals surface area contributed by atoms with Gasteiger partial charge in [0, 0.05) is 0 Å². The number of aromatic carboxylic acids is 1. The van der Waals surface area contributed by atoms with E-state index in [1.54, 1.807) is 6.92 Å². The summed E-state index contributed by atoms with van der Waals surface area (Å²) in [6.45, 7) is 3.22. The minimum absolute atomic E-state index is 0.00245. The number of benzene rings is 1. The predicted molar refractivity (Wildman–Crippen MR) is 80.8 cm³/mol. The van der Waals surface area contributed by atoms with Crippen molar-refractivity contribution >= 4 is 44.6 Å². The Morgan fingerprint density at radius 1 is 1.38 bits per heavy atom. The van der Waals surface area contributed by atoms with E-state index in [1.165, 1.54) is 25.1 Å². The van der Waals surface area contributed by atoms with E-state index in [1.807, 2.05) is 0 Å². The molecule has 0 aliphatic heterocycles. The van der Waals surface area contributed by atoms with Gasteiger partial charge in [-0.15, -0.1) is 0 Å². The smallest absolute Gasteiger partial charge is 0.335 e. The third-order valence-corrected chi connectivity index (χ3v) is 5.94. The minimum Gasteiger partial charge on any atom is -0.478 e. The van der Waals surface area contributed by atoms with Crippen molar-refractivity contribution in [2.45, 2.75) is 18.1 Å². The quantitative estimate of drug-likeness (QED) is 0.887. The maximum atomic E-state index is 12.3. The van der Waals surface area contributed by atoms with Gasteiger partial charge in [0.15, 0.2) is 8.68 Å². The standard InChI is InChI=1S/C12H11ClN2O4S2/c1-6-3-4-8(10(16)17)5-9(6)15-21(18,19)11-7(2)14-12(13)20-11/h3-5,15H,1-2H3,(H,16,17). The van der Waals surface area contributed by atoms with Crippen molar-refractivity contribution in [2.75, 3.05) is 4.72 Å². The van der Waals surface area contributed by atoms with Crippen molar-refractivity contribution in [1.82, 2.24) is 4.98 Å². The highest BCUT2D eigenvalue weighted by Gasteiger charge is 2.22. The molecule has 0 bridgehead atoms. The fourth-order valence-electron chi connectivity index (χ4n) is 1.66. The number of halogens is 1. The Kier molecular flexibility index (Phi) is 4.22. The van der Waals surface area contributed by atoms with Crippen LogP contribution in [0.4, 0.5) is 5.69 Å². The number of carboxylic acids is 1. The Hall–Kier alpha value is -1.64. The van der Waals surface area contributed by atoms with Gasteiger partial charge >= 0.3 is 5.97 Å². The Labute approximate surface area is 130 Å². The zero-order valence-electron chi connectivity index (χ0n) is 11.0. The van der Waals surface area contributed by atoms with Crippen molar-refractivity contribution in [2.24, 2.45) is 0 Å². The number of carboxylic acid groups (broad SMARTS) is 1. The summed E-state index contributed by atoms with van der Waals surface area (Å²) < 4.78 is 27.2. The normalized spacial score (nSPS) is 11.4. The van der Waals surface area contributed by atoms with Crippen LogP contribution in [0.5, 0.6) is 0 Å². The Balaban J connectivity index is 2.43. The Morgan fingerprint density at radius 2 is 2.05 bits per heavy atom. The van der Waals surface area contributed by atoms with E-state index in [-0.39, 0.29) is 19.9 Å². The van der Waals surface area contributed by atoms with Gasteiger partial charge < -0.3 is 5.11 Å². The zero-order valence-corrected chi connectivity index (χ0v) is 13.4. The van der Waals surface area contributed by atoms with E-state index in [0.717, 1.165) is 11.3 Å². The van der Waals surface area contributed by atoms with Gasteiger partial charge in [-0.3, -0.25) is 4.72 Å². The number of aryl methyl sites for hydroxylation is 2. The summed E-state index contributed by atoms with van der Waals surface area (Å²) in [5, 5.41) is 8.96. The fourth-order valence-corrected chi connectivity index (χ4v) is 4.52. The average molecular weight is 347 g/mol. The van der Waals surface area contributed by atoms with Crippen LogP contribution in [0.15, 0.2) is 22.4 Å². The van der Waals surface area contributed by atoms with Gasteiger partial charge in [-0.05, 0) is 31.5 Å². The minimum atomic E-state index is -3.86. The lowest BCUT2D eigenvalue weighted by molar-refractivity contribution is 0.0697. The molecule has 0 fully saturated rings. The molecule has 0 spiro atoms. The first kappa shape index (κ1) is 15.7. The molecule has 1 heterocycles. The molecule has 9 heteroatoms.